The molecular weight excluding hydrogens is 200 g/mol. The van der Waals surface area contributed by atoms with E-state index in [0.29, 0.717) is 19.6 Å². The molecular formula is C11H15ClO2. The third-order valence-electron chi connectivity index (χ3n) is 1.89. The molecule has 1 rings (SSSR count). The van der Waals surface area contributed by atoms with Crippen LogP contribution in [0.25, 0.3) is 0 Å². The first-order valence-corrected chi connectivity index (χ1v) is 5.22. The number of rotatable bonds is 6. The minimum Gasteiger partial charge on any atom is -0.392 e. The van der Waals surface area contributed by atoms with Gasteiger partial charge >= 0.3 is 0 Å². The van der Waals surface area contributed by atoms with Crippen molar-refractivity contribution in [3.63, 3.8) is 0 Å². The smallest absolute Gasteiger partial charge is 0.0716 e. The van der Waals surface area contributed by atoms with Gasteiger partial charge in [-0.15, -0.1) is 11.6 Å². The molecule has 1 aromatic carbocycles. The van der Waals surface area contributed by atoms with Crippen LogP contribution in [0.3, 0.4) is 0 Å². The average Bonchev–Trinajstić information content (AvgIpc) is 2.25. The van der Waals surface area contributed by atoms with Crippen molar-refractivity contribution in [1.29, 1.82) is 0 Å². The molecule has 0 spiro atoms. The van der Waals surface area contributed by atoms with Gasteiger partial charge in [-0.05, 0) is 12.0 Å². The van der Waals surface area contributed by atoms with Crippen molar-refractivity contribution >= 4 is 11.6 Å². The zero-order valence-electron chi connectivity index (χ0n) is 8.03. The summed E-state index contributed by atoms with van der Waals surface area (Å²) in [7, 11) is 0. The molecule has 3 heteroatoms. The summed E-state index contributed by atoms with van der Waals surface area (Å²) in [6.45, 7) is 1.14. The molecule has 0 aliphatic carbocycles. The molecule has 0 fully saturated rings. The Kier molecular flexibility index (Phi) is 5.60. The van der Waals surface area contributed by atoms with E-state index in [9.17, 15) is 0 Å². The zero-order chi connectivity index (χ0) is 10.2. The zero-order valence-corrected chi connectivity index (χ0v) is 8.78. The van der Waals surface area contributed by atoms with Crippen LogP contribution in [0.4, 0.5) is 0 Å². The lowest BCUT2D eigenvalue weighted by atomic mass is 10.2. The molecule has 78 valence electrons. The summed E-state index contributed by atoms with van der Waals surface area (Å²) in [6, 6.07) is 9.95. The van der Waals surface area contributed by atoms with E-state index in [0.717, 1.165) is 5.56 Å². The first kappa shape index (κ1) is 11.5. The average molecular weight is 215 g/mol. The molecule has 0 aliphatic rings. The van der Waals surface area contributed by atoms with Crippen LogP contribution in [0.5, 0.6) is 0 Å². The minimum atomic E-state index is -0.451. The van der Waals surface area contributed by atoms with Crippen molar-refractivity contribution in [3.8, 4) is 0 Å². The number of aliphatic hydroxyl groups excluding tert-OH is 1. The van der Waals surface area contributed by atoms with Crippen LogP contribution >= 0.6 is 11.6 Å². The number of alkyl halides is 1. The second-order valence-electron chi connectivity index (χ2n) is 3.13. The standard InChI is InChI=1S/C11H15ClO2/c12-8-11(13)6-7-14-9-10-4-2-1-3-5-10/h1-5,11,13H,6-9H2/t11-/m0/s1. The van der Waals surface area contributed by atoms with E-state index >= 15 is 0 Å². The summed E-state index contributed by atoms with van der Waals surface area (Å²) in [4.78, 5) is 0. The van der Waals surface area contributed by atoms with E-state index in [2.05, 4.69) is 0 Å². The maximum absolute atomic E-state index is 9.14. The number of halogens is 1. The lowest BCUT2D eigenvalue weighted by Crippen LogP contribution is -2.11. The van der Waals surface area contributed by atoms with E-state index in [1.54, 1.807) is 0 Å². The first-order chi connectivity index (χ1) is 6.83. The Morgan fingerprint density at radius 3 is 2.64 bits per heavy atom. The quantitative estimate of drug-likeness (QED) is 0.581. The second-order valence-corrected chi connectivity index (χ2v) is 3.44. The molecule has 0 heterocycles. The van der Waals surface area contributed by atoms with E-state index in [4.69, 9.17) is 21.4 Å². The van der Waals surface area contributed by atoms with Crippen LogP contribution in [0, 0.1) is 0 Å². The van der Waals surface area contributed by atoms with Crippen molar-refractivity contribution < 1.29 is 9.84 Å². The van der Waals surface area contributed by atoms with Crippen molar-refractivity contribution in [2.75, 3.05) is 12.5 Å². The van der Waals surface area contributed by atoms with Crippen LogP contribution in [0.1, 0.15) is 12.0 Å². The highest BCUT2D eigenvalue weighted by Crippen LogP contribution is 2.02. The normalized spacial score (nSPS) is 12.7. The van der Waals surface area contributed by atoms with Gasteiger partial charge in [0.25, 0.3) is 0 Å². The summed E-state index contributed by atoms with van der Waals surface area (Å²) >= 11 is 5.44. The predicted molar refractivity (Wildman–Crippen MR) is 57.4 cm³/mol. The first-order valence-electron chi connectivity index (χ1n) is 4.68. The third-order valence-corrected chi connectivity index (χ3v) is 2.24. The summed E-state index contributed by atoms with van der Waals surface area (Å²) in [5, 5.41) is 9.14. The van der Waals surface area contributed by atoms with E-state index < -0.39 is 6.10 Å². The molecule has 14 heavy (non-hydrogen) atoms. The Bertz CT molecular complexity index is 238. The maximum atomic E-state index is 9.14. The van der Waals surface area contributed by atoms with Crippen molar-refractivity contribution in [2.24, 2.45) is 0 Å². The molecule has 2 nitrogen and oxygen atoms in total. The molecule has 0 bridgehead atoms. The molecule has 0 saturated heterocycles. The highest BCUT2D eigenvalue weighted by atomic mass is 35.5. The Morgan fingerprint density at radius 1 is 1.29 bits per heavy atom. The van der Waals surface area contributed by atoms with Gasteiger partial charge in [-0.2, -0.15) is 0 Å². The number of hydrogen-bond acceptors (Lipinski definition) is 2. The van der Waals surface area contributed by atoms with Gasteiger partial charge in [0.1, 0.15) is 0 Å². The monoisotopic (exact) mass is 214 g/mol. The summed E-state index contributed by atoms with van der Waals surface area (Å²) < 4.78 is 5.37. The predicted octanol–water partition coefficient (Wildman–Crippen LogP) is 2.19. The van der Waals surface area contributed by atoms with E-state index in [1.807, 2.05) is 30.3 Å². The van der Waals surface area contributed by atoms with Crippen LogP contribution in [-0.2, 0) is 11.3 Å². The van der Waals surface area contributed by atoms with Crippen LogP contribution in [-0.4, -0.2) is 23.7 Å². The fraction of sp³-hybridized carbons (Fsp3) is 0.455. The molecule has 1 N–H and O–H groups in total. The second kappa shape index (κ2) is 6.82. The van der Waals surface area contributed by atoms with E-state index in [-0.39, 0.29) is 5.88 Å². The lowest BCUT2D eigenvalue weighted by Gasteiger charge is -2.07. The van der Waals surface area contributed by atoms with Crippen LogP contribution in [0.15, 0.2) is 30.3 Å². The Morgan fingerprint density at radius 2 is 2.00 bits per heavy atom. The largest absolute Gasteiger partial charge is 0.392 e. The van der Waals surface area contributed by atoms with Gasteiger partial charge < -0.3 is 9.84 Å². The van der Waals surface area contributed by atoms with Crippen molar-refractivity contribution in [1.82, 2.24) is 0 Å². The SMILES string of the molecule is O[C@H](CCl)CCOCc1ccccc1. The third kappa shape index (κ3) is 4.61. The number of ether oxygens (including phenoxy) is 1. The Hall–Kier alpha value is -0.570. The van der Waals surface area contributed by atoms with Crippen molar-refractivity contribution in [2.45, 2.75) is 19.1 Å². The molecule has 0 aliphatic heterocycles. The van der Waals surface area contributed by atoms with Gasteiger partial charge in [0.15, 0.2) is 0 Å². The topological polar surface area (TPSA) is 29.5 Å². The molecule has 0 saturated carbocycles. The van der Waals surface area contributed by atoms with Gasteiger partial charge in [0.05, 0.1) is 12.7 Å². The van der Waals surface area contributed by atoms with Crippen molar-refractivity contribution in [3.05, 3.63) is 35.9 Å². The molecule has 0 unspecified atom stereocenters. The highest BCUT2D eigenvalue weighted by Gasteiger charge is 2.00. The number of aliphatic hydroxyl groups is 1. The molecule has 0 amide bonds. The lowest BCUT2D eigenvalue weighted by molar-refractivity contribution is 0.0812. The van der Waals surface area contributed by atoms with Crippen LogP contribution in [0.2, 0.25) is 0 Å². The Balaban J connectivity index is 2.10. The van der Waals surface area contributed by atoms with Gasteiger partial charge in [0.2, 0.25) is 0 Å². The van der Waals surface area contributed by atoms with Gasteiger partial charge in [-0.3, -0.25) is 0 Å². The van der Waals surface area contributed by atoms with Gasteiger partial charge in [-0.25, -0.2) is 0 Å². The fourth-order valence-electron chi connectivity index (χ4n) is 1.06. The highest BCUT2D eigenvalue weighted by molar-refractivity contribution is 6.18. The van der Waals surface area contributed by atoms with Gasteiger partial charge in [-0.1, -0.05) is 30.3 Å². The maximum Gasteiger partial charge on any atom is 0.0716 e. The minimum absolute atomic E-state index is 0.273. The Labute approximate surface area is 89.5 Å². The molecule has 0 radical (unpaired) electrons. The van der Waals surface area contributed by atoms with Crippen LogP contribution < -0.4 is 0 Å². The van der Waals surface area contributed by atoms with Gasteiger partial charge in [0, 0.05) is 12.5 Å². The summed E-state index contributed by atoms with van der Waals surface area (Å²) in [6.07, 6.45) is 0.142. The number of benzene rings is 1. The summed E-state index contributed by atoms with van der Waals surface area (Å²) in [5.74, 6) is 0.273. The fourth-order valence-corrected chi connectivity index (χ4v) is 1.22. The molecule has 1 aromatic rings. The summed E-state index contributed by atoms with van der Waals surface area (Å²) in [5.41, 5.74) is 1.15. The number of hydrogen-bond donors (Lipinski definition) is 1. The molecule has 1 atom stereocenters. The van der Waals surface area contributed by atoms with E-state index in [1.165, 1.54) is 0 Å². The molecule has 0 aromatic heterocycles.